The van der Waals surface area contributed by atoms with Crippen molar-refractivity contribution in [3.63, 3.8) is 0 Å². The predicted molar refractivity (Wildman–Crippen MR) is 108 cm³/mol. The molecule has 1 N–H and O–H groups in total. The fraction of sp³-hybridized carbons (Fsp3) is 0.300. The Kier molecular flexibility index (Phi) is 5.77. The molecule has 156 valence electrons. The second kappa shape index (κ2) is 8.27. The number of hydrogen-bond acceptors (Lipinski definition) is 6. The number of aryl methyl sites for hydroxylation is 2. The maximum Gasteiger partial charge on any atom is 0.277 e. The molecule has 0 aliphatic carbocycles. The number of benzene rings is 2. The van der Waals surface area contributed by atoms with Gasteiger partial charge >= 0.3 is 0 Å². The number of non-ortho nitro benzene ring substituents is 2. The quantitative estimate of drug-likeness (QED) is 0.591. The first-order valence-corrected chi connectivity index (χ1v) is 9.29. The molecule has 3 rings (SSSR count). The summed E-state index contributed by atoms with van der Waals surface area (Å²) in [6, 6.07) is 7.61. The summed E-state index contributed by atoms with van der Waals surface area (Å²) in [6.45, 7) is 4.09. The van der Waals surface area contributed by atoms with Gasteiger partial charge in [0.1, 0.15) is 6.04 Å². The van der Waals surface area contributed by atoms with E-state index in [0.29, 0.717) is 18.5 Å². The van der Waals surface area contributed by atoms with Crippen LogP contribution in [0.25, 0.3) is 0 Å². The van der Waals surface area contributed by atoms with E-state index in [-0.39, 0.29) is 18.0 Å². The third kappa shape index (κ3) is 4.43. The molecule has 1 unspecified atom stereocenters. The molecule has 0 bridgehead atoms. The minimum Gasteiger partial charge on any atom is -0.327 e. The normalized spacial score (nSPS) is 15.7. The zero-order valence-corrected chi connectivity index (χ0v) is 16.5. The van der Waals surface area contributed by atoms with Gasteiger partial charge in [-0.2, -0.15) is 0 Å². The van der Waals surface area contributed by atoms with Crippen molar-refractivity contribution in [3.05, 3.63) is 73.3 Å². The first kappa shape index (κ1) is 20.9. The number of nitrogens with zero attached hydrogens (tertiary/aromatic N) is 3. The number of carbonyl (C=O) groups excluding carboxylic acids is 2. The van der Waals surface area contributed by atoms with Gasteiger partial charge < -0.3 is 10.2 Å². The van der Waals surface area contributed by atoms with E-state index in [0.717, 1.165) is 29.3 Å². The number of hydrogen-bond donors (Lipinski definition) is 1. The van der Waals surface area contributed by atoms with Crippen LogP contribution in [0.3, 0.4) is 0 Å². The smallest absolute Gasteiger partial charge is 0.277 e. The molecule has 1 fully saturated rings. The molecule has 2 aromatic rings. The van der Waals surface area contributed by atoms with Crippen LogP contribution in [0, 0.1) is 34.1 Å². The Labute approximate surface area is 171 Å². The number of carbonyl (C=O) groups is 2. The monoisotopic (exact) mass is 412 g/mol. The molecular formula is C20H20N4O6. The fourth-order valence-corrected chi connectivity index (χ4v) is 3.65. The van der Waals surface area contributed by atoms with Gasteiger partial charge in [-0.25, -0.2) is 0 Å². The molecule has 0 aromatic heterocycles. The summed E-state index contributed by atoms with van der Waals surface area (Å²) < 4.78 is 0. The summed E-state index contributed by atoms with van der Waals surface area (Å²) in [5.74, 6) is -1.02. The van der Waals surface area contributed by atoms with E-state index in [2.05, 4.69) is 5.32 Å². The molecule has 1 atom stereocenters. The number of nitro benzene ring substituents is 2. The van der Waals surface area contributed by atoms with Crippen molar-refractivity contribution in [2.24, 2.45) is 0 Å². The lowest BCUT2D eigenvalue weighted by atomic mass is 10.1. The molecule has 0 spiro atoms. The highest BCUT2D eigenvalue weighted by Crippen LogP contribution is 2.27. The lowest BCUT2D eigenvalue weighted by Gasteiger charge is -2.24. The zero-order valence-electron chi connectivity index (χ0n) is 16.5. The number of rotatable bonds is 5. The zero-order chi connectivity index (χ0) is 22.0. The lowest BCUT2D eigenvalue weighted by Crippen LogP contribution is -2.43. The van der Waals surface area contributed by atoms with Crippen LogP contribution in [0.1, 0.15) is 34.3 Å². The minimum atomic E-state index is -0.794. The van der Waals surface area contributed by atoms with Gasteiger partial charge in [-0.05, 0) is 49.9 Å². The summed E-state index contributed by atoms with van der Waals surface area (Å²) in [4.78, 5) is 47.7. The molecule has 1 aliphatic rings. The molecule has 10 heteroatoms. The van der Waals surface area contributed by atoms with E-state index in [1.807, 2.05) is 32.0 Å². The number of anilines is 1. The van der Waals surface area contributed by atoms with Crippen LogP contribution in [0.15, 0.2) is 36.4 Å². The van der Waals surface area contributed by atoms with Crippen LogP contribution in [-0.4, -0.2) is 39.1 Å². The lowest BCUT2D eigenvalue weighted by molar-refractivity contribution is -0.394. The second-order valence-electron chi connectivity index (χ2n) is 7.27. The minimum absolute atomic E-state index is 0.193. The Morgan fingerprint density at radius 2 is 1.53 bits per heavy atom. The van der Waals surface area contributed by atoms with Crippen molar-refractivity contribution >= 4 is 28.9 Å². The van der Waals surface area contributed by atoms with Gasteiger partial charge in [-0.1, -0.05) is 6.07 Å². The summed E-state index contributed by atoms with van der Waals surface area (Å²) in [5, 5.41) is 25.0. The molecule has 2 aromatic carbocycles. The average Bonchev–Trinajstić information content (AvgIpc) is 3.16. The molecule has 10 nitrogen and oxygen atoms in total. The summed E-state index contributed by atoms with van der Waals surface area (Å²) in [7, 11) is 0. The Balaban J connectivity index is 1.86. The van der Waals surface area contributed by atoms with Crippen molar-refractivity contribution in [2.75, 3.05) is 11.9 Å². The third-order valence-electron chi connectivity index (χ3n) is 4.88. The van der Waals surface area contributed by atoms with E-state index in [1.54, 1.807) is 0 Å². The van der Waals surface area contributed by atoms with Crippen molar-refractivity contribution in [2.45, 2.75) is 32.7 Å². The van der Waals surface area contributed by atoms with E-state index in [9.17, 15) is 29.8 Å². The van der Waals surface area contributed by atoms with Crippen molar-refractivity contribution in [1.29, 1.82) is 0 Å². The molecule has 1 saturated heterocycles. The third-order valence-corrected chi connectivity index (χ3v) is 4.88. The van der Waals surface area contributed by atoms with Crippen LogP contribution in [0.5, 0.6) is 0 Å². The van der Waals surface area contributed by atoms with Gasteiger partial charge in [0.15, 0.2) is 0 Å². The fourth-order valence-electron chi connectivity index (χ4n) is 3.65. The van der Waals surface area contributed by atoms with Gasteiger partial charge in [0.25, 0.3) is 17.3 Å². The number of amides is 2. The van der Waals surface area contributed by atoms with Crippen LogP contribution in [0.2, 0.25) is 0 Å². The van der Waals surface area contributed by atoms with E-state index >= 15 is 0 Å². The first-order valence-electron chi connectivity index (χ1n) is 9.29. The van der Waals surface area contributed by atoms with Crippen molar-refractivity contribution in [3.8, 4) is 0 Å². The second-order valence-corrected chi connectivity index (χ2v) is 7.27. The van der Waals surface area contributed by atoms with E-state index < -0.39 is 33.2 Å². The highest BCUT2D eigenvalue weighted by atomic mass is 16.6. The average molecular weight is 412 g/mol. The first-order chi connectivity index (χ1) is 14.2. The Morgan fingerprint density at radius 3 is 2.07 bits per heavy atom. The topological polar surface area (TPSA) is 136 Å². The Hall–Kier alpha value is -3.82. The Morgan fingerprint density at radius 1 is 0.967 bits per heavy atom. The predicted octanol–water partition coefficient (Wildman–Crippen LogP) is 3.36. The van der Waals surface area contributed by atoms with Gasteiger partial charge in [-0.3, -0.25) is 29.8 Å². The van der Waals surface area contributed by atoms with E-state index in [4.69, 9.17) is 0 Å². The van der Waals surface area contributed by atoms with Crippen LogP contribution >= 0.6 is 0 Å². The molecule has 1 heterocycles. The Bertz CT molecular complexity index is 999. The standard InChI is InChI=1S/C20H20N4O6/c1-12-6-13(2)8-15(7-12)21-19(25)18-4-3-5-22(18)20(26)14-9-16(23(27)28)11-17(10-14)24(29)30/h6-11,18H,3-5H2,1-2H3,(H,21,25). The summed E-state index contributed by atoms with van der Waals surface area (Å²) >= 11 is 0. The molecule has 30 heavy (non-hydrogen) atoms. The molecule has 0 radical (unpaired) electrons. The number of nitrogens with one attached hydrogen (secondary N) is 1. The van der Waals surface area contributed by atoms with Crippen LogP contribution < -0.4 is 5.32 Å². The van der Waals surface area contributed by atoms with Gasteiger partial charge in [-0.15, -0.1) is 0 Å². The highest BCUT2D eigenvalue weighted by Gasteiger charge is 2.35. The summed E-state index contributed by atoms with van der Waals surface area (Å²) in [6.07, 6.45) is 1.01. The molecular weight excluding hydrogens is 392 g/mol. The van der Waals surface area contributed by atoms with Gasteiger partial charge in [0, 0.05) is 24.4 Å². The highest BCUT2D eigenvalue weighted by molar-refractivity contribution is 6.02. The van der Waals surface area contributed by atoms with Crippen LogP contribution in [0.4, 0.5) is 17.1 Å². The van der Waals surface area contributed by atoms with Crippen LogP contribution in [-0.2, 0) is 4.79 Å². The molecule has 1 aliphatic heterocycles. The van der Waals surface area contributed by atoms with E-state index in [1.165, 1.54) is 4.90 Å². The number of likely N-dealkylation sites (tertiary alicyclic amines) is 1. The summed E-state index contributed by atoms with van der Waals surface area (Å²) in [5.41, 5.74) is 1.28. The largest absolute Gasteiger partial charge is 0.327 e. The van der Waals surface area contributed by atoms with Gasteiger partial charge in [0.2, 0.25) is 5.91 Å². The maximum absolute atomic E-state index is 13.0. The maximum atomic E-state index is 13.0. The molecule has 2 amide bonds. The van der Waals surface area contributed by atoms with Crippen molar-refractivity contribution < 1.29 is 19.4 Å². The molecule has 0 saturated carbocycles. The van der Waals surface area contributed by atoms with Gasteiger partial charge in [0.05, 0.1) is 21.5 Å². The SMILES string of the molecule is Cc1cc(C)cc(NC(=O)C2CCCN2C(=O)c2cc([N+](=O)[O-])cc([N+](=O)[O-])c2)c1. The van der Waals surface area contributed by atoms with Crippen molar-refractivity contribution in [1.82, 2.24) is 4.90 Å². The number of nitro groups is 2.